The molecule has 0 unspecified atom stereocenters. The summed E-state index contributed by atoms with van der Waals surface area (Å²) >= 11 is 0. The fourth-order valence-corrected chi connectivity index (χ4v) is 7.45. The first-order valence-electron chi connectivity index (χ1n) is 18.4. The molecule has 258 valence electrons. The Morgan fingerprint density at radius 3 is 1.40 bits per heavy atom. The van der Waals surface area contributed by atoms with Crippen LogP contribution in [0.4, 0.5) is 0 Å². The average Bonchev–Trinajstić information content (AvgIpc) is 3.66. The van der Waals surface area contributed by atoms with Gasteiger partial charge in [0.05, 0.1) is 0 Å². The van der Waals surface area contributed by atoms with Crippen LogP contribution in [0.15, 0.2) is 205 Å². The third-order valence-corrected chi connectivity index (χ3v) is 10.2. The molecule has 0 saturated heterocycles. The van der Waals surface area contributed by atoms with E-state index in [4.69, 9.17) is 19.4 Å². The summed E-state index contributed by atoms with van der Waals surface area (Å²) < 4.78 is 6.46. The summed E-state index contributed by atoms with van der Waals surface area (Å²) in [6.45, 7) is 0. The van der Waals surface area contributed by atoms with E-state index in [1.807, 2.05) is 72.8 Å². The van der Waals surface area contributed by atoms with Gasteiger partial charge in [0, 0.05) is 27.5 Å². The smallest absolute Gasteiger partial charge is 0.164 e. The molecule has 2 heterocycles. The normalized spacial score (nSPS) is 11.3. The van der Waals surface area contributed by atoms with Gasteiger partial charge in [0.15, 0.2) is 17.5 Å². The highest BCUT2D eigenvalue weighted by atomic mass is 16.3. The van der Waals surface area contributed by atoms with Gasteiger partial charge in [0.25, 0.3) is 0 Å². The zero-order valence-corrected chi connectivity index (χ0v) is 29.8. The number of hydrogen-bond acceptors (Lipinski definition) is 4. The first-order chi connectivity index (χ1) is 27.2. The molecular formula is C51H33N3O. The largest absolute Gasteiger partial charge is 0.456 e. The molecule has 4 nitrogen and oxygen atoms in total. The van der Waals surface area contributed by atoms with Crippen LogP contribution in [0.1, 0.15) is 0 Å². The van der Waals surface area contributed by atoms with Crippen molar-refractivity contribution in [2.75, 3.05) is 0 Å². The van der Waals surface area contributed by atoms with Crippen LogP contribution >= 0.6 is 0 Å². The topological polar surface area (TPSA) is 51.8 Å². The van der Waals surface area contributed by atoms with Gasteiger partial charge in [-0.25, -0.2) is 15.0 Å². The van der Waals surface area contributed by atoms with E-state index >= 15 is 0 Å². The highest BCUT2D eigenvalue weighted by Crippen LogP contribution is 2.40. The summed E-state index contributed by atoms with van der Waals surface area (Å²) in [6, 6.07) is 69.5. The minimum absolute atomic E-state index is 0.599. The molecule has 0 fully saturated rings. The Hall–Kier alpha value is -7.43. The van der Waals surface area contributed by atoms with Crippen LogP contribution in [0.3, 0.4) is 0 Å². The van der Waals surface area contributed by atoms with E-state index in [0.29, 0.717) is 17.5 Å². The van der Waals surface area contributed by atoms with Crippen LogP contribution in [0.25, 0.3) is 101 Å². The lowest BCUT2D eigenvalue weighted by Gasteiger charge is -2.13. The van der Waals surface area contributed by atoms with Gasteiger partial charge in [-0.1, -0.05) is 176 Å². The molecule has 10 aromatic rings. The fourth-order valence-electron chi connectivity index (χ4n) is 7.45. The molecule has 2 aromatic heterocycles. The molecule has 10 rings (SSSR count). The van der Waals surface area contributed by atoms with Crippen molar-refractivity contribution < 1.29 is 4.42 Å². The lowest BCUT2D eigenvalue weighted by Crippen LogP contribution is -2.00. The van der Waals surface area contributed by atoms with Crippen molar-refractivity contribution in [3.8, 4) is 78.7 Å². The standard InChI is InChI=1S/C51H33N3O/c1-4-14-34(15-5-1)35-26-28-36(29-27-35)42-22-10-11-23-43(42)41-21-12-20-39(32-41)40-30-31-46-45(33-40)48-44(24-13-25-47(48)55-46)51-53-49(37-16-6-2-7-17-37)52-50(54-51)38-18-8-3-9-19-38/h1-33H. The Balaban J connectivity index is 1.07. The van der Waals surface area contributed by atoms with Gasteiger partial charge in [-0.15, -0.1) is 0 Å². The van der Waals surface area contributed by atoms with Crippen molar-refractivity contribution in [1.29, 1.82) is 0 Å². The number of rotatable bonds is 7. The second kappa shape index (κ2) is 13.8. The summed E-state index contributed by atoms with van der Waals surface area (Å²) in [5, 5.41) is 1.99. The van der Waals surface area contributed by atoms with Gasteiger partial charge >= 0.3 is 0 Å². The number of fused-ring (bicyclic) bond motifs is 3. The summed E-state index contributed by atoms with van der Waals surface area (Å²) in [4.78, 5) is 15.0. The molecule has 0 aliphatic carbocycles. The van der Waals surface area contributed by atoms with Crippen LogP contribution in [-0.4, -0.2) is 15.0 Å². The molecule has 0 bridgehead atoms. The Morgan fingerprint density at radius 1 is 0.273 bits per heavy atom. The van der Waals surface area contributed by atoms with E-state index in [9.17, 15) is 0 Å². The summed E-state index contributed by atoms with van der Waals surface area (Å²) in [5.41, 5.74) is 13.7. The molecule has 0 saturated carbocycles. The summed E-state index contributed by atoms with van der Waals surface area (Å²) in [7, 11) is 0. The highest BCUT2D eigenvalue weighted by Gasteiger charge is 2.19. The average molecular weight is 704 g/mol. The Labute approximate surface area is 319 Å². The third kappa shape index (κ3) is 6.16. The summed E-state index contributed by atoms with van der Waals surface area (Å²) in [5.74, 6) is 1.85. The molecule has 0 N–H and O–H groups in total. The second-order valence-corrected chi connectivity index (χ2v) is 13.6. The maximum absolute atomic E-state index is 6.46. The number of benzene rings is 8. The third-order valence-electron chi connectivity index (χ3n) is 10.2. The Bertz CT molecular complexity index is 2900. The van der Waals surface area contributed by atoms with Crippen LogP contribution in [-0.2, 0) is 0 Å². The van der Waals surface area contributed by atoms with E-state index in [0.717, 1.165) is 55.3 Å². The van der Waals surface area contributed by atoms with Crippen LogP contribution in [0.2, 0.25) is 0 Å². The predicted molar refractivity (Wildman–Crippen MR) is 225 cm³/mol. The van der Waals surface area contributed by atoms with Crippen molar-refractivity contribution in [2.45, 2.75) is 0 Å². The van der Waals surface area contributed by atoms with Gasteiger partial charge in [-0.3, -0.25) is 0 Å². The number of aromatic nitrogens is 3. The van der Waals surface area contributed by atoms with Gasteiger partial charge < -0.3 is 4.42 Å². The molecule has 0 spiro atoms. The van der Waals surface area contributed by atoms with E-state index in [1.54, 1.807) is 0 Å². The number of nitrogens with zero attached hydrogens (tertiary/aromatic N) is 3. The molecule has 55 heavy (non-hydrogen) atoms. The minimum atomic E-state index is 0.599. The van der Waals surface area contributed by atoms with Crippen molar-refractivity contribution in [1.82, 2.24) is 15.0 Å². The fraction of sp³-hybridized carbons (Fsp3) is 0. The molecule has 8 aromatic carbocycles. The lowest BCUT2D eigenvalue weighted by atomic mass is 9.91. The van der Waals surface area contributed by atoms with Crippen molar-refractivity contribution in [3.05, 3.63) is 200 Å². The lowest BCUT2D eigenvalue weighted by molar-refractivity contribution is 0.669. The Morgan fingerprint density at radius 2 is 0.727 bits per heavy atom. The minimum Gasteiger partial charge on any atom is -0.456 e. The van der Waals surface area contributed by atoms with Gasteiger partial charge in [0.1, 0.15) is 11.2 Å². The molecule has 0 aliphatic heterocycles. The van der Waals surface area contributed by atoms with E-state index in [1.165, 1.54) is 27.8 Å². The zero-order valence-electron chi connectivity index (χ0n) is 29.8. The molecule has 0 amide bonds. The van der Waals surface area contributed by atoms with Gasteiger partial charge in [0.2, 0.25) is 0 Å². The van der Waals surface area contributed by atoms with Crippen LogP contribution in [0.5, 0.6) is 0 Å². The quantitative estimate of drug-likeness (QED) is 0.166. The Kier molecular flexibility index (Phi) is 8.12. The van der Waals surface area contributed by atoms with E-state index < -0.39 is 0 Å². The van der Waals surface area contributed by atoms with E-state index in [-0.39, 0.29) is 0 Å². The second-order valence-electron chi connectivity index (χ2n) is 13.6. The van der Waals surface area contributed by atoms with Gasteiger partial charge in [-0.2, -0.15) is 0 Å². The van der Waals surface area contributed by atoms with Crippen LogP contribution in [0, 0.1) is 0 Å². The molecular weight excluding hydrogens is 671 g/mol. The molecule has 4 heteroatoms. The zero-order chi connectivity index (χ0) is 36.6. The van der Waals surface area contributed by atoms with E-state index in [2.05, 4.69) is 127 Å². The molecule has 0 aliphatic rings. The predicted octanol–water partition coefficient (Wildman–Crippen LogP) is 13.4. The highest BCUT2D eigenvalue weighted by molar-refractivity contribution is 6.12. The molecule has 0 atom stereocenters. The SMILES string of the molecule is c1ccc(-c2ccc(-c3ccccc3-c3cccc(-c4ccc5oc6cccc(-c7nc(-c8ccccc8)nc(-c8ccccc8)n7)c6c5c4)c3)cc2)cc1. The molecule has 0 radical (unpaired) electrons. The van der Waals surface area contributed by atoms with Crippen LogP contribution < -0.4 is 0 Å². The first-order valence-corrected chi connectivity index (χ1v) is 18.4. The number of hydrogen-bond donors (Lipinski definition) is 0. The van der Waals surface area contributed by atoms with Crippen molar-refractivity contribution >= 4 is 21.9 Å². The van der Waals surface area contributed by atoms with Crippen molar-refractivity contribution in [3.63, 3.8) is 0 Å². The van der Waals surface area contributed by atoms with Crippen molar-refractivity contribution in [2.24, 2.45) is 0 Å². The number of furan rings is 1. The summed E-state index contributed by atoms with van der Waals surface area (Å²) in [6.07, 6.45) is 0. The monoisotopic (exact) mass is 703 g/mol. The maximum atomic E-state index is 6.46. The maximum Gasteiger partial charge on any atom is 0.164 e. The first kappa shape index (κ1) is 32.2. The van der Waals surface area contributed by atoms with Gasteiger partial charge in [-0.05, 0) is 68.8 Å².